The summed E-state index contributed by atoms with van der Waals surface area (Å²) in [5.74, 6) is 0.382. The Bertz CT molecular complexity index is 109. The van der Waals surface area contributed by atoms with Gasteiger partial charge in [0.05, 0.1) is 0 Å². The first-order valence-electron chi connectivity index (χ1n) is 3.18. The molecule has 0 radical (unpaired) electrons. The van der Waals surface area contributed by atoms with E-state index in [0.717, 1.165) is 19.1 Å². The molecular formula is C7H12O. The highest BCUT2D eigenvalue weighted by Gasteiger charge is 2.47. The molecule has 0 aromatic heterocycles. The van der Waals surface area contributed by atoms with E-state index in [2.05, 4.69) is 13.8 Å². The molecule has 8 heavy (non-hydrogen) atoms. The van der Waals surface area contributed by atoms with Crippen LogP contribution in [0.15, 0.2) is 0 Å². The van der Waals surface area contributed by atoms with Crippen molar-refractivity contribution < 1.29 is 4.79 Å². The topological polar surface area (TPSA) is 17.1 Å². The Morgan fingerprint density at radius 3 is 2.62 bits per heavy atom. The maximum atomic E-state index is 10.1. The number of carbonyl (C=O) groups excluding carboxylic acids is 1. The van der Waals surface area contributed by atoms with E-state index >= 15 is 0 Å². The molecule has 0 aromatic carbocycles. The number of carbonyl (C=O) groups is 1. The average Bonchev–Trinajstić information content (AvgIpc) is 2.44. The van der Waals surface area contributed by atoms with Crippen LogP contribution in [0.3, 0.4) is 0 Å². The lowest BCUT2D eigenvalue weighted by atomic mass is 10.0. The summed E-state index contributed by atoms with van der Waals surface area (Å²) in [7, 11) is 0. The van der Waals surface area contributed by atoms with E-state index in [9.17, 15) is 4.79 Å². The van der Waals surface area contributed by atoms with Gasteiger partial charge >= 0.3 is 0 Å². The second-order valence-corrected chi connectivity index (χ2v) is 2.95. The van der Waals surface area contributed by atoms with Gasteiger partial charge in [-0.2, -0.15) is 0 Å². The van der Waals surface area contributed by atoms with Crippen molar-refractivity contribution in [3.05, 3.63) is 0 Å². The summed E-state index contributed by atoms with van der Waals surface area (Å²) in [6, 6.07) is 0. The third kappa shape index (κ3) is 0.662. The van der Waals surface area contributed by atoms with Gasteiger partial charge in [0.1, 0.15) is 6.29 Å². The normalized spacial score (nSPS) is 44.0. The molecule has 2 atom stereocenters. The first kappa shape index (κ1) is 5.80. The maximum absolute atomic E-state index is 10.1. The Labute approximate surface area is 50.1 Å². The Kier molecular flexibility index (Phi) is 1.14. The van der Waals surface area contributed by atoms with E-state index in [1.165, 1.54) is 0 Å². The van der Waals surface area contributed by atoms with Gasteiger partial charge in [0.25, 0.3) is 0 Å². The van der Waals surface area contributed by atoms with Gasteiger partial charge in [-0.15, -0.1) is 0 Å². The second-order valence-electron chi connectivity index (χ2n) is 2.95. The molecule has 0 unspecified atom stereocenters. The number of hydrogen-bond donors (Lipinski definition) is 0. The third-order valence-electron chi connectivity index (χ3n) is 2.39. The van der Waals surface area contributed by atoms with Gasteiger partial charge < -0.3 is 4.79 Å². The molecule has 0 amide bonds. The summed E-state index contributed by atoms with van der Waals surface area (Å²) in [6.45, 7) is 4.32. The number of aldehydes is 1. The van der Waals surface area contributed by atoms with Crippen LogP contribution in [0.5, 0.6) is 0 Å². The Balaban J connectivity index is 2.42. The van der Waals surface area contributed by atoms with Gasteiger partial charge in [-0.25, -0.2) is 0 Å². The van der Waals surface area contributed by atoms with E-state index in [1.807, 2.05) is 0 Å². The molecule has 0 saturated heterocycles. The van der Waals surface area contributed by atoms with E-state index in [-0.39, 0.29) is 0 Å². The summed E-state index contributed by atoms with van der Waals surface area (Å²) >= 11 is 0. The fourth-order valence-corrected chi connectivity index (χ4v) is 1.06. The van der Waals surface area contributed by atoms with E-state index < -0.39 is 0 Å². The Hall–Kier alpha value is -0.330. The zero-order chi connectivity index (χ0) is 6.20. The van der Waals surface area contributed by atoms with Crippen molar-refractivity contribution in [1.29, 1.82) is 0 Å². The predicted octanol–water partition coefficient (Wildman–Crippen LogP) is 1.62. The van der Waals surface area contributed by atoms with Crippen molar-refractivity contribution in [1.82, 2.24) is 0 Å². The second kappa shape index (κ2) is 1.57. The van der Waals surface area contributed by atoms with Crippen molar-refractivity contribution in [3.8, 4) is 0 Å². The van der Waals surface area contributed by atoms with Crippen molar-refractivity contribution in [2.45, 2.75) is 26.7 Å². The molecule has 0 aliphatic heterocycles. The van der Waals surface area contributed by atoms with E-state index in [1.54, 1.807) is 0 Å². The number of hydrogen-bond acceptors (Lipinski definition) is 1. The van der Waals surface area contributed by atoms with Gasteiger partial charge in [0.15, 0.2) is 0 Å². The molecule has 0 heterocycles. The zero-order valence-corrected chi connectivity index (χ0v) is 5.48. The largest absolute Gasteiger partial charge is 0.303 e. The first-order chi connectivity index (χ1) is 3.73. The smallest absolute Gasteiger partial charge is 0.123 e. The molecule has 1 heteroatoms. The molecule has 1 nitrogen and oxygen atoms in total. The summed E-state index contributed by atoms with van der Waals surface area (Å²) in [4.78, 5) is 10.1. The first-order valence-corrected chi connectivity index (χ1v) is 3.18. The predicted molar refractivity (Wildman–Crippen MR) is 32.6 cm³/mol. The van der Waals surface area contributed by atoms with Crippen LogP contribution in [0.25, 0.3) is 0 Å². The lowest BCUT2D eigenvalue weighted by Gasteiger charge is -2.00. The molecule has 46 valence electrons. The molecule has 1 saturated carbocycles. The van der Waals surface area contributed by atoms with Crippen LogP contribution in [0.2, 0.25) is 0 Å². The summed E-state index contributed by atoms with van der Waals surface area (Å²) < 4.78 is 0. The van der Waals surface area contributed by atoms with Crippen molar-refractivity contribution in [3.63, 3.8) is 0 Å². The van der Waals surface area contributed by atoms with Crippen LogP contribution in [0, 0.1) is 11.3 Å². The van der Waals surface area contributed by atoms with E-state index in [4.69, 9.17) is 0 Å². The monoisotopic (exact) mass is 112 g/mol. The van der Waals surface area contributed by atoms with Gasteiger partial charge in [0.2, 0.25) is 0 Å². The molecule has 1 fully saturated rings. The Morgan fingerprint density at radius 1 is 1.88 bits per heavy atom. The minimum absolute atomic E-state index is 0.382. The molecule has 0 spiro atoms. The molecular weight excluding hydrogens is 100 g/mol. The highest BCUT2D eigenvalue weighted by molar-refractivity contribution is 5.59. The number of rotatable bonds is 2. The molecule has 0 aromatic rings. The standard InChI is InChI=1S/C7H12O/c1-3-7(2)4-6(7)5-8/h5-6H,3-4H2,1-2H3/t6-,7+/m0/s1. The third-order valence-corrected chi connectivity index (χ3v) is 2.39. The summed E-state index contributed by atoms with van der Waals surface area (Å²) in [5.41, 5.74) is 0.391. The van der Waals surface area contributed by atoms with Gasteiger partial charge in [-0.05, 0) is 11.8 Å². The maximum Gasteiger partial charge on any atom is 0.123 e. The highest BCUT2D eigenvalue weighted by Crippen LogP contribution is 2.53. The molecule has 0 bridgehead atoms. The van der Waals surface area contributed by atoms with Gasteiger partial charge in [-0.3, -0.25) is 0 Å². The quantitative estimate of drug-likeness (QED) is 0.496. The van der Waals surface area contributed by atoms with E-state index in [0.29, 0.717) is 11.3 Å². The van der Waals surface area contributed by atoms with Crippen molar-refractivity contribution >= 4 is 6.29 Å². The van der Waals surface area contributed by atoms with Gasteiger partial charge in [0, 0.05) is 5.92 Å². The van der Waals surface area contributed by atoms with Gasteiger partial charge in [-0.1, -0.05) is 20.3 Å². The van der Waals surface area contributed by atoms with Crippen molar-refractivity contribution in [2.75, 3.05) is 0 Å². The van der Waals surface area contributed by atoms with Crippen molar-refractivity contribution in [2.24, 2.45) is 11.3 Å². The fourth-order valence-electron chi connectivity index (χ4n) is 1.06. The fraction of sp³-hybridized carbons (Fsp3) is 0.857. The molecule has 1 rings (SSSR count). The highest BCUT2D eigenvalue weighted by atomic mass is 16.1. The Morgan fingerprint density at radius 2 is 2.50 bits per heavy atom. The van der Waals surface area contributed by atoms with Crippen LogP contribution in [-0.2, 0) is 4.79 Å². The minimum Gasteiger partial charge on any atom is -0.303 e. The lowest BCUT2D eigenvalue weighted by Crippen LogP contribution is -1.94. The summed E-state index contributed by atoms with van der Waals surface area (Å²) in [6.07, 6.45) is 3.35. The molecule has 1 aliphatic carbocycles. The van der Waals surface area contributed by atoms with Crippen LogP contribution in [-0.4, -0.2) is 6.29 Å². The molecule has 1 aliphatic rings. The molecule has 0 N–H and O–H groups in total. The lowest BCUT2D eigenvalue weighted by molar-refractivity contribution is -0.109. The average molecular weight is 112 g/mol. The summed E-state index contributed by atoms with van der Waals surface area (Å²) in [5, 5.41) is 0. The van der Waals surface area contributed by atoms with Crippen LogP contribution >= 0.6 is 0 Å². The minimum atomic E-state index is 0.382. The SMILES string of the molecule is CC[C@]1(C)C[C@H]1C=O. The van der Waals surface area contributed by atoms with Crippen LogP contribution < -0.4 is 0 Å². The van der Waals surface area contributed by atoms with Crippen LogP contribution in [0.4, 0.5) is 0 Å². The van der Waals surface area contributed by atoms with Crippen LogP contribution in [0.1, 0.15) is 26.7 Å². The zero-order valence-electron chi connectivity index (χ0n) is 5.48.